The first-order chi connectivity index (χ1) is 7.61. The van der Waals surface area contributed by atoms with Gasteiger partial charge >= 0.3 is 11.9 Å². The molecule has 0 aliphatic carbocycles. The van der Waals surface area contributed by atoms with Crippen molar-refractivity contribution in [2.45, 2.75) is 13.8 Å². The normalized spacial score (nSPS) is 9.88. The molecule has 0 fully saturated rings. The Morgan fingerprint density at radius 2 is 1.81 bits per heavy atom. The molecular formula is C9H11NO6. The van der Waals surface area contributed by atoms with E-state index in [0.29, 0.717) is 0 Å². The zero-order chi connectivity index (χ0) is 12.1. The van der Waals surface area contributed by atoms with Crippen LogP contribution in [0.25, 0.3) is 0 Å². The van der Waals surface area contributed by atoms with E-state index in [0.717, 1.165) is 0 Å². The molecule has 7 nitrogen and oxygen atoms in total. The predicted molar refractivity (Wildman–Crippen MR) is 50.1 cm³/mol. The van der Waals surface area contributed by atoms with Crippen LogP contribution >= 0.6 is 0 Å². The average molecular weight is 229 g/mol. The molecule has 0 unspecified atom stereocenters. The highest BCUT2D eigenvalue weighted by Gasteiger charge is 2.27. The lowest BCUT2D eigenvalue weighted by atomic mass is 10.3. The Kier molecular flexibility index (Phi) is 3.87. The second kappa shape index (κ2) is 5.15. The maximum atomic E-state index is 11.2. The van der Waals surface area contributed by atoms with Gasteiger partial charge in [0, 0.05) is 0 Å². The van der Waals surface area contributed by atoms with Gasteiger partial charge in [0.25, 0.3) is 5.76 Å². The van der Waals surface area contributed by atoms with Crippen LogP contribution in [-0.2, 0) is 9.47 Å². The van der Waals surface area contributed by atoms with Gasteiger partial charge in [0.15, 0.2) is 0 Å². The Hall–Kier alpha value is -2.05. The second-order valence-corrected chi connectivity index (χ2v) is 2.65. The van der Waals surface area contributed by atoms with Gasteiger partial charge in [0.2, 0.25) is 11.4 Å². The number of rotatable bonds is 4. The molecule has 0 saturated heterocycles. The minimum atomic E-state index is -0.886. The molecule has 7 heteroatoms. The highest BCUT2D eigenvalue weighted by Crippen LogP contribution is 2.23. The molecule has 88 valence electrons. The zero-order valence-electron chi connectivity index (χ0n) is 8.85. The van der Waals surface area contributed by atoms with E-state index in [1.54, 1.807) is 13.8 Å². The molecule has 16 heavy (non-hydrogen) atoms. The van der Waals surface area contributed by atoms with E-state index in [4.69, 9.17) is 0 Å². The third-order valence-electron chi connectivity index (χ3n) is 1.60. The number of ether oxygens (including phenoxy) is 2. The first-order valence-corrected chi connectivity index (χ1v) is 4.64. The van der Waals surface area contributed by atoms with E-state index >= 15 is 0 Å². The van der Waals surface area contributed by atoms with Gasteiger partial charge in [0.05, 0.1) is 13.2 Å². The van der Waals surface area contributed by atoms with E-state index in [1.165, 1.54) is 0 Å². The van der Waals surface area contributed by atoms with Crippen LogP contribution in [0.5, 0.6) is 5.75 Å². The SMILES string of the molecule is CCOC(=O)c1noc(C(=O)OCC)c1O. The lowest BCUT2D eigenvalue weighted by Crippen LogP contribution is -2.06. The summed E-state index contributed by atoms with van der Waals surface area (Å²) in [5.41, 5.74) is -0.440. The molecule has 0 saturated carbocycles. The summed E-state index contributed by atoms with van der Waals surface area (Å²) in [5.74, 6) is -2.93. The van der Waals surface area contributed by atoms with Crippen molar-refractivity contribution < 1.29 is 28.7 Å². The van der Waals surface area contributed by atoms with Crippen LogP contribution < -0.4 is 0 Å². The summed E-state index contributed by atoms with van der Waals surface area (Å²) in [5, 5.41) is 12.7. The fraction of sp³-hybridized carbons (Fsp3) is 0.444. The van der Waals surface area contributed by atoms with Crippen LogP contribution in [0.2, 0.25) is 0 Å². The fourth-order valence-corrected chi connectivity index (χ4v) is 0.949. The van der Waals surface area contributed by atoms with Crippen molar-refractivity contribution in [3.8, 4) is 5.75 Å². The number of hydrogen-bond acceptors (Lipinski definition) is 7. The summed E-state index contributed by atoms with van der Waals surface area (Å²) in [7, 11) is 0. The monoisotopic (exact) mass is 229 g/mol. The van der Waals surface area contributed by atoms with Gasteiger partial charge in [-0.2, -0.15) is 0 Å². The van der Waals surface area contributed by atoms with Crippen molar-refractivity contribution >= 4 is 11.9 Å². The van der Waals surface area contributed by atoms with Crippen LogP contribution in [0.4, 0.5) is 0 Å². The van der Waals surface area contributed by atoms with E-state index in [1.807, 2.05) is 0 Å². The molecule has 0 radical (unpaired) electrons. The Bertz CT molecular complexity index is 361. The largest absolute Gasteiger partial charge is 0.502 e. The van der Waals surface area contributed by atoms with Crippen molar-refractivity contribution in [3.63, 3.8) is 0 Å². The molecule has 0 atom stereocenters. The Balaban J connectivity index is 2.92. The molecule has 1 aromatic heterocycles. The summed E-state index contributed by atoms with van der Waals surface area (Å²) in [4.78, 5) is 22.4. The van der Waals surface area contributed by atoms with E-state index in [9.17, 15) is 14.7 Å². The lowest BCUT2D eigenvalue weighted by molar-refractivity contribution is 0.0469. The van der Waals surface area contributed by atoms with Crippen LogP contribution in [0.15, 0.2) is 4.52 Å². The number of hydrogen-bond donors (Lipinski definition) is 1. The van der Waals surface area contributed by atoms with Crippen molar-refractivity contribution in [2.24, 2.45) is 0 Å². The molecule has 1 N–H and O–H groups in total. The number of esters is 2. The first kappa shape index (κ1) is 12.0. The quantitative estimate of drug-likeness (QED) is 0.760. The predicted octanol–water partition coefficient (Wildman–Crippen LogP) is 0.734. The maximum absolute atomic E-state index is 11.2. The minimum Gasteiger partial charge on any atom is -0.502 e. The number of nitrogens with zero attached hydrogens (tertiary/aromatic N) is 1. The molecule has 0 aliphatic heterocycles. The highest BCUT2D eigenvalue weighted by molar-refractivity contribution is 5.96. The third-order valence-corrected chi connectivity index (χ3v) is 1.60. The van der Waals surface area contributed by atoms with Gasteiger partial charge in [-0.05, 0) is 13.8 Å². The molecule has 0 aromatic carbocycles. The molecular weight excluding hydrogens is 218 g/mol. The topological polar surface area (TPSA) is 98.9 Å². The van der Waals surface area contributed by atoms with Gasteiger partial charge in [-0.3, -0.25) is 0 Å². The van der Waals surface area contributed by atoms with Crippen molar-refractivity contribution in [1.29, 1.82) is 0 Å². The molecule has 1 rings (SSSR count). The minimum absolute atomic E-state index is 0.119. The summed E-state index contributed by atoms with van der Waals surface area (Å²) < 4.78 is 13.7. The summed E-state index contributed by atoms with van der Waals surface area (Å²) in [6.07, 6.45) is 0. The van der Waals surface area contributed by atoms with Crippen molar-refractivity contribution in [3.05, 3.63) is 11.5 Å². The summed E-state index contributed by atoms with van der Waals surface area (Å²) in [6, 6.07) is 0. The van der Waals surface area contributed by atoms with Crippen LogP contribution in [0, 0.1) is 0 Å². The molecule has 0 aliphatic rings. The molecule has 0 amide bonds. The standard InChI is InChI=1S/C9H11NO6/c1-3-14-8(12)5-6(11)7(16-10-5)9(13)15-4-2/h11H,3-4H2,1-2H3. The highest BCUT2D eigenvalue weighted by atomic mass is 16.6. The average Bonchev–Trinajstić information content (AvgIpc) is 2.61. The van der Waals surface area contributed by atoms with Crippen LogP contribution in [-0.4, -0.2) is 35.4 Å². The molecule has 0 bridgehead atoms. The van der Waals surface area contributed by atoms with Crippen LogP contribution in [0.1, 0.15) is 34.9 Å². The Labute approximate surface area is 90.9 Å². The van der Waals surface area contributed by atoms with Gasteiger partial charge in [-0.1, -0.05) is 5.16 Å². The maximum Gasteiger partial charge on any atom is 0.381 e. The van der Waals surface area contributed by atoms with E-state index in [2.05, 4.69) is 19.2 Å². The second-order valence-electron chi connectivity index (χ2n) is 2.65. The number of aromatic nitrogens is 1. The van der Waals surface area contributed by atoms with E-state index in [-0.39, 0.29) is 13.2 Å². The fourth-order valence-electron chi connectivity index (χ4n) is 0.949. The molecule has 1 aromatic rings. The third kappa shape index (κ3) is 2.30. The summed E-state index contributed by atoms with van der Waals surface area (Å²) >= 11 is 0. The van der Waals surface area contributed by atoms with Gasteiger partial charge < -0.3 is 19.1 Å². The van der Waals surface area contributed by atoms with E-state index < -0.39 is 29.1 Å². The molecule has 0 spiro atoms. The van der Waals surface area contributed by atoms with Crippen molar-refractivity contribution in [1.82, 2.24) is 5.16 Å². The number of aromatic hydroxyl groups is 1. The zero-order valence-corrected chi connectivity index (χ0v) is 8.85. The Morgan fingerprint density at radius 3 is 2.38 bits per heavy atom. The summed E-state index contributed by atoms with van der Waals surface area (Å²) in [6.45, 7) is 3.44. The first-order valence-electron chi connectivity index (χ1n) is 4.64. The Morgan fingerprint density at radius 1 is 1.25 bits per heavy atom. The van der Waals surface area contributed by atoms with Gasteiger partial charge in [0.1, 0.15) is 0 Å². The number of carbonyl (C=O) groups excluding carboxylic acids is 2. The van der Waals surface area contributed by atoms with Crippen molar-refractivity contribution in [2.75, 3.05) is 13.2 Å². The number of carbonyl (C=O) groups is 2. The lowest BCUT2D eigenvalue weighted by Gasteiger charge is -1.98. The van der Waals surface area contributed by atoms with Gasteiger partial charge in [-0.25, -0.2) is 9.59 Å². The smallest absolute Gasteiger partial charge is 0.381 e. The molecule has 1 heterocycles. The van der Waals surface area contributed by atoms with Crippen LogP contribution in [0.3, 0.4) is 0 Å². The van der Waals surface area contributed by atoms with Gasteiger partial charge in [-0.15, -0.1) is 0 Å².